The Kier molecular flexibility index (Phi) is 5.52. The van der Waals surface area contributed by atoms with Crippen LogP contribution in [-0.2, 0) is 24.7 Å². The number of hydrogen-bond acceptors (Lipinski definition) is 4. The average molecular weight is 405 g/mol. The first-order chi connectivity index (χ1) is 14.0. The van der Waals surface area contributed by atoms with Gasteiger partial charge in [0.2, 0.25) is 5.60 Å². The van der Waals surface area contributed by atoms with Gasteiger partial charge in [-0.25, -0.2) is 0 Å². The maximum Gasteiger partial charge on any atom is 0.312 e. The van der Waals surface area contributed by atoms with Gasteiger partial charge in [0.25, 0.3) is 0 Å². The Balaban J connectivity index is 2.12. The first kappa shape index (κ1) is 21.6. The molecule has 1 aliphatic carbocycles. The number of benzene rings is 2. The lowest BCUT2D eigenvalue weighted by molar-refractivity contribution is -0.162. The van der Waals surface area contributed by atoms with E-state index < -0.39 is 22.6 Å². The fourth-order valence-electron chi connectivity index (χ4n) is 3.46. The normalized spacial score (nSPS) is 14.1. The maximum absolute atomic E-state index is 12.6. The largest absolute Gasteiger partial charge is 0.446 e. The first-order valence-electron chi connectivity index (χ1n) is 10.2. The van der Waals surface area contributed by atoms with Crippen molar-refractivity contribution in [1.29, 1.82) is 0 Å². The van der Waals surface area contributed by atoms with E-state index in [4.69, 9.17) is 9.47 Å². The number of carbonyl (C=O) groups is 2. The SMILES string of the molecule is CCC(C)(C)C(=O)OC(C)(C)C#CC1(OC(C)=O)c2ccccc2-c2ccccc21. The third-order valence-corrected chi connectivity index (χ3v) is 5.52. The standard InChI is InChI=1S/C26H28O4/c1-7-24(3,4)23(28)30-25(5,6)16-17-26(29-18(2)27)21-14-10-8-12-19(21)20-13-9-11-15-22(20)26/h8-15H,7H2,1-6H3. The van der Waals surface area contributed by atoms with Gasteiger partial charge >= 0.3 is 11.9 Å². The monoisotopic (exact) mass is 404 g/mol. The van der Waals surface area contributed by atoms with Crippen LogP contribution in [-0.4, -0.2) is 17.5 Å². The highest BCUT2D eigenvalue weighted by atomic mass is 16.6. The van der Waals surface area contributed by atoms with Crippen LogP contribution in [0.1, 0.15) is 59.1 Å². The van der Waals surface area contributed by atoms with Crippen molar-refractivity contribution in [2.24, 2.45) is 5.41 Å². The van der Waals surface area contributed by atoms with E-state index in [9.17, 15) is 9.59 Å². The number of rotatable bonds is 4. The van der Waals surface area contributed by atoms with E-state index in [1.807, 2.05) is 69.3 Å². The molecular formula is C26H28O4. The summed E-state index contributed by atoms with van der Waals surface area (Å²) in [6, 6.07) is 15.5. The van der Waals surface area contributed by atoms with Gasteiger partial charge in [-0.15, -0.1) is 0 Å². The summed E-state index contributed by atoms with van der Waals surface area (Å²) in [7, 11) is 0. The van der Waals surface area contributed by atoms with E-state index in [1.165, 1.54) is 6.92 Å². The lowest BCUT2D eigenvalue weighted by Gasteiger charge is -2.29. The molecule has 2 aromatic rings. The predicted octanol–water partition coefficient (Wildman–Crippen LogP) is 5.24. The summed E-state index contributed by atoms with van der Waals surface area (Å²) in [5.41, 5.74) is 0.677. The minimum Gasteiger partial charge on any atom is -0.446 e. The van der Waals surface area contributed by atoms with Crippen molar-refractivity contribution in [1.82, 2.24) is 0 Å². The molecule has 0 atom stereocenters. The summed E-state index contributed by atoms with van der Waals surface area (Å²) >= 11 is 0. The van der Waals surface area contributed by atoms with Crippen molar-refractivity contribution in [3.63, 3.8) is 0 Å². The van der Waals surface area contributed by atoms with E-state index in [0.717, 1.165) is 22.3 Å². The lowest BCUT2D eigenvalue weighted by Crippen LogP contribution is -2.35. The molecule has 0 spiro atoms. The van der Waals surface area contributed by atoms with Gasteiger partial charge in [-0.2, -0.15) is 0 Å². The average Bonchev–Trinajstić information content (AvgIpc) is 2.96. The predicted molar refractivity (Wildman–Crippen MR) is 116 cm³/mol. The van der Waals surface area contributed by atoms with Crippen LogP contribution in [0.2, 0.25) is 0 Å². The van der Waals surface area contributed by atoms with Gasteiger partial charge in [0, 0.05) is 18.1 Å². The molecule has 0 radical (unpaired) electrons. The van der Waals surface area contributed by atoms with Gasteiger partial charge in [-0.3, -0.25) is 9.59 Å². The van der Waals surface area contributed by atoms with Crippen LogP contribution >= 0.6 is 0 Å². The van der Waals surface area contributed by atoms with E-state index in [-0.39, 0.29) is 5.97 Å². The third-order valence-electron chi connectivity index (χ3n) is 5.52. The Morgan fingerprint density at radius 1 is 0.933 bits per heavy atom. The first-order valence-corrected chi connectivity index (χ1v) is 10.2. The van der Waals surface area contributed by atoms with Crippen LogP contribution in [0.25, 0.3) is 11.1 Å². The van der Waals surface area contributed by atoms with Gasteiger partial charge in [0.05, 0.1) is 5.41 Å². The molecule has 0 aromatic heterocycles. The second-order valence-corrected chi connectivity index (χ2v) is 8.75. The molecule has 0 bridgehead atoms. The van der Waals surface area contributed by atoms with Gasteiger partial charge in [0.15, 0.2) is 5.60 Å². The van der Waals surface area contributed by atoms with E-state index in [2.05, 4.69) is 11.8 Å². The Morgan fingerprint density at radius 2 is 1.43 bits per heavy atom. The van der Waals surface area contributed by atoms with Crippen LogP contribution in [0.4, 0.5) is 0 Å². The Hall–Kier alpha value is -3.06. The maximum atomic E-state index is 12.6. The Labute approximate surface area is 178 Å². The van der Waals surface area contributed by atoms with Crippen molar-refractivity contribution >= 4 is 11.9 Å². The zero-order chi connectivity index (χ0) is 22.2. The van der Waals surface area contributed by atoms with Crippen LogP contribution in [0.15, 0.2) is 48.5 Å². The molecule has 4 heteroatoms. The Bertz CT molecular complexity index is 1000. The molecule has 0 fully saturated rings. The number of fused-ring (bicyclic) bond motifs is 3. The van der Waals surface area contributed by atoms with Crippen molar-refractivity contribution in [3.05, 3.63) is 59.7 Å². The smallest absolute Gasteiger partial charge is 0.312 e. The van der Waals surface area contributed by atoms with Crippen LogP contribution in [0.3, 0.4) is 0 Å². The van der Waals surface area contributed by atoms with Crippen LogP contribution in [0.5, 0.6) is 0 Å². The molecule has 0 amide bonds. The highest BCUT2D eigenvalue weighted by molar-refractivity contribution is 5.84. The summed E-state index contributed by atoms with van der Waals surface area (Å²) in [5, 5.41) is 0. The zero-order valence-electron chi connectivity index (χ0n) is 18.5. The quantitative estimate of drug-likeness (QED) is 0.517. The molecule has 3 rings (SSSR count). The number of carbonyl (C=O) groups excluding carboxylic acids is 2. The minimum absolute atomic E-state index is 0.307. The van der Waals surface area contributed by atoms with Crippen molar-refractivity contribution in [2.75, 3.05) is 0 Å². The molecule has 4 nitrogen and oxygen atoms in total. The molecule has 2 aromatic carbocycles. The second kappa shape index (κ2) is 7.65. The van der Waals surface area contributed by atoms with Crippen LogP contribution in [0, 0.1) is 17.3 Å². The molecule has 0 saturated heterocycles. The molecule has 156 valence electrons. The highest BCUT2D eigenvalue weighted by Crippen LogP contribution is 2.49. The highest BCUT2D eigenvalue weighted by Gasteiger charge is 2.45. The van der Waals surface area contributed by atoms with Gasteiger partial charge in [-0.05, 0) is 51.2 Å². The zero-order valence-corrected chi connectivity index (χ0v) is 18.5. The molecule has 0 unspecified atom stereocenters. The van der Waals surface area contributed by atoms with Crippen LogP contribution < -0.4 is 0 Å². The summed E-state index contributed by atoms with van der Waals surface area (Å²) in [4.78, 5) is 24.7. The summed E-state index contributed by atoms with van der Waals surface area (Å²) in [6.07, 6.45) is 0.660. The van der Waals surface area contributed by atoms with Gasteiger partial charge in [0.1, 0.15) is 0 Å². The number of esters is 2. The second-order valence-electron chi connectivity index (χ2n) is 8.75. The topological polar surface area (TPSA) is 52.6 Å². The molecular weight excluding hydrogens is 376 g/mol. The number of hydrogen-bond donors (Lipinski definition) is 0. The van der Waals surface area contributed by atoms with Crippen molar-refractivity contribution in [2.45, 2.75) is 59.2 Å². The van der Waals surface area contributed by atoms with E-state index in [0.29, 0.717) is 6.42 Å². The fraction of sp³-hybridized carbons (Fsp3) is 0.385. The summed E-state index contributed by atoms with van der Waals surface area (Å²) in [5.74, 6) is 5.53. The molecule has 0 N–H and O–H groups in total. The van der Waals surface area contributed by atoms with Crippen molar-refractivity contribution in [3.8, 4) is 23.0 Å². The minimum atomic E-state index is -1.25. The summed E-state index contributed by atoms with van der Waals surface area (Å²) < 4.78 is 11.6. The lowest BCUT2D eigenvalue weighted by atomic mass is 9.89. The molecule has 30 heavy (non-hydrogen) atoms. The van der Waals surface area contributed by atoms with Gasteiger partial charge in [-0.1, -0.05) is 61.4 Å². The van der Waals surface area contributed by atoms with E-state index in [1.54, 1.807) is 13.8 Å². The van der Waals surface area contributed by atoms with Crippen molar-refractivity contribution < 1.29 is 19.1 Å². The Morgan fingerprint density at radius 3 is 1.90 bits per heavy atom. The van der Waals surface area contributed by atoms with Gasteiger partial charge < -0.3 is 9.47 Å². The molecule has 0 saturated carbocycles. The number of ether oxygens (including phenoxy) is 2. The van der Waals surface area contributed by atoms with E-state index >= 15 is 0 Å². The third kappa shape index (κ3) is 3.85. The summed E-state index contributed by atoms with van der Waals surface area (Å²) in [6.45, 7) is 10.5. The molecule has 1 aliphatic rings. The fourth-order valence-corrected chi connectivity index (χ4v) is 3.46. The molecule has 0 aliphatic heterocycles. The molecule has 0 heterocycles.